The standard InChI is InChI=1S/C25H27F2N3O3.C14H17FN2O.C9H11FN2O/c1-16(31)11-18-12-17(3-5-21(18)27)15-28-24(33)30-9-7-25(8-10-30)14-23(32)20-13-19(26)4-6-22(20)29(25)2;1-17-12-3-2-10(15)8-11(12)13(18)9-14(17)4-6-16-7-5-14;10-8-2-1-6(5-11)3-7(8)4-9(12)13/h3-6,12-13H,7-11,14-15H2,1-2H3,(H,28,33);2-3,8,16H,4-7,9H2,1H3;1-3H,4-5,11H2,(H2,12,13). The SMILES string of the molecule is CC(=O)Cc1cc(CNC(=O)N2CCC3(CC2)CC(=O)c2cc(F)ccc2N3C)ccc1F.CN1c2ccc(F)cc2C(=O)CC12CCNCC2.NCc1ccc(F)c(CC(N)=O)c1. The van der Waals surface area contributed by atoms with Gasteiger partial charge in [0.2, 0.25) is 5.91 Å². The van der Waals surface area contributed by atoms with Gasteiger partial charge in [-0.1, -0.05) is 24.3 Å². The summed E-state index contributed by atoms with van der Waals surface area (Å²) in [6.45, 7) is 4.81. The van der Waals surface area contributed by atoms with E-state index in [1.54, 1.807) is 41.3 Å². The number of piperidine rings is 2. The number of rotatable bonds is 7. The molecule has 0 aromatic heterocycles. The fourth-order valence-electron chi connectivity index (χ4n) is 9.14. The summed E-state index contributed by atoms with van der Waals surface area (Å²) < 4.78 is 53.7. The van der Waals surface area contributed by atoms with E-state index in [0.717, 1.165) is 48.4 Å². The molecule has 4 heterocycles. The maximum atomic E-state index is 13.9. The Bertz CT molecular complexity index is 2420. The van der Waals surface area contributed by atoms with E-state index in [1.165, 1.54) is 43.3 Å². The molecular weight excluding hydrogens is 831 g/mol. The van der Waals surface area contributed by atoms with Crippen LogP contribution < -0.4 is 31.9 Å². The summed E-state index contributed by atoms with van der Waals surface area (Å²) in [5.74, 6) is -2.29. The molecule has 4 aromatic rings. The summed E-state index contributed by atoms with van der Waals surface area (Å²) in [4.78, 5) is 65.5. The lowest BCUT2D eigenvalue weighted by Gasteiger charge is -2.50. The summed E-state index contributed by atoms with van der Waals surface area (Å²) in [7, 11) is 3.95. The van der Waals surface area contributed by atoms with Crippen LogP contribution in [0.4, 0.5) is 33.7 Å². The van der Waals surface area contributed by atoms with Crippen molar-refractivity contribution in [3.8, 4) is 0 Å². The van der Waals surface area contributed by atoms with Crippen LogP contribution in [0.2, 0.25) is 0 Å². The number of primary amides is 1. The molecule has 8 rings (SSSR count). The van der Waals surface area contributed by atoms with Crippen molar-refractivity contribution in [2.24, 2.45) is 11.5 Å². The third kappa shape index (κ3) is 10.8. The highest BCUT2D eigenvalue weighted by Crippen LogP contribution is 2.43. The number of hydrogen-bond acceptors (Lipinski definition) is 9. The van der Waals surface area contributed by atoms with Crippen LogP contribution in [-0.2, 0) is 35.5 Å². The van der Waals surface area contributed by atoms with Gasteiger partial charge in [-0.05, 0) is 116 Å². The molecule has 4 aliphatic rings. The van der Waals surface area contributed by atoms with Crippen molar-refractivity contribution in [1.29, 1.82) is 0 Å². The lowest BCUT2D eigenvalue weighted by atomic mass is 9.77. The number of nitrogens with two attached hydrogens (primary N) is 2. The van der Waals surface area contributed by atoms with Gasteiger partial charge < -0.3 is 36.8 Å². The van der Waals surface area contributed by atoms with Gasteiger partial charge in [-0.15, -0.1) is 0 Å². The Kier molecular flexibility index (Phi) is 14.9. The molecule has 2 saturated heterocycles. The molecule has 16 heteroatoms. The van der Waals surface area contributed by atoms with Crippen LogP contribution in [-0.4, -0.2) is 85.5 Å². The molecule has 3 amide bonds. The van der Waals surface area contributed by atoms with Gasteiger partial charge in [-0.2, -0.15) is 0 Å². The van der Waals surface area contributed by atoms with Gasteiger partial charge >= 0.3 is 6.03 Å². The molecule has 0 atom stereocenters. The molecule has 2 spiro atoms. The fourth-order valence-corrected chi connectivity index (χ4v) is 9.14. The Morgan fingerprint density at radius 2 is 1.17 bits per heavy atom. The zero-order valence-corrected chi connectivity index (χ0v) is 36.4. The molecule has 0 unspecified atom stereocenters. The third-order valence-electron chi connectivity index (χ3n) is 12.9. The third-order valence-corrected chi connectivity index (χ3v) is 12.9. The smallest absolute Gasteiger partial charge is 0.317 e. The second kappa shape index (κ2) is 20.1. The van der Waals surface area contributed by atoms with E-state index in [1.807, 2.05) is 14.1 Å². The molecule has 4 aliphatic heterocycles. The summed E-state index contributed by atoms with van der Waals surface area (Å²) in [6.07, 6.45) is 3.91. The lowest BCUT2D eigenvalue weighted by Crippen LogP contribution is -2.59. The quantitative estimate of drug-likeness (QED) is 0.159. The van der Waals surface area contributed by atoms with Crippen LogP contribution in [0.25, 0.3) is 0 Å². The Morgan fingerprint density at radius 1 is 0.688 bits per heavy atom. The van der Waals surface area contributed by atoms with Gasteiger partial charge in [0.05, 0.1) is 12.0 Å². The van der Waals surface area contributed by atoms with Gasteiger partial charge in [0.15, 0.2) is 11.6 Å². The molecule has 12 nitrogen and oxygen atoms in total. The second-order valence-corrected chi connectivity index (χ2v) is 17.1. The van der Waals surface area contributed by atoms with E-state index in [9.17, 15) is 41.5 Å². The van der Waals surface area contributed by atoms with E-state index in [4.69, 9.17) is 11.5 Å². The van der Waals surface area contributed by atoms with Gasteiger partial charge in [0.25, 0.3) is 0 Å². The zero-order valence-electron chi connectivity index (χ0n) is 36.4. The number of nitrogens with zero attached hydrogens (tertiary/aromatic N) is 3. The van der Waals surface area contributed by atoms with Crippen molar-refractivity contribution in [1.82, 2.24) is 15.5 Å². The second-order valence-electron chi connectivity index (χ2n) is 17.1. The number of carbonyl (C=O) groups excluding carboxylic acids is 5. The predicted octanol–water partition coefficient (Wildman–Crippen LogP) is 6.15. The first kappa shape index (κ1) is 47.4. The van der Waals surface area contributed by atoms with Gasteiger partial charge in [-0.3, -0.25) is 19.2 Å². The number of fused-ring (bicyclic) bond motifs is 2. The van der Waals surface area contributed by atoms with Gasteiger partial charge in [-0.25, -0.2) is 22.4 Å². The first-order valence-electron chi connectivity index (χ1n) is 21.3. The highest BCUT2D eigenvalue weighted by molar-refractivity contribution is 6.05. The number of benzene rings is 4. The average Bonchev–Trinajstić information content (AvgIpc) is 3.26. The number of carbonyl (C=O) groups is 5. The highest BCUT2D eigenvalue weighted by atomic mass is 19.1. The number of ketones is 3. The molecule has 4 aromatic carbocycles. The molecule has 0 aliphatic carbocycles. The predicted molar refractivity (Wildman–Crippen MR) is 236 cm³/mol. The monoisotopic (exact) mass is 885 g/mol. The largest absolute Gasteiger partial charge is 0.369 e. The van der Waals surface area contributed by atoms with Crippen LogP contribution in [0.15, 0.2) is 72.8 Å². The number of halogens is 4. The Balaban J connectivity index is 0.000000182. The van der Waals surface area contributed by atoms with Crippen LogP contribution in [0.1, 0.15) is 88.4 Å². The number of Topliss-reactive ketones (excluding diaryl/α,β-unsaturated/α-hetero) is 3. The fraction of sp³-hybridized carbons (Fsp3) is 0.396. The average molecular weight is 886 g/mol. The Labute approximate surface area is 370 Å². The van der Waals surface area contributed by atoms with Crippen LogP contribution in [0.5, 0.6) is 0 Å². The minimum Gasteiger partial charge on any atom is -0.369 e. The van der Waals surface area contributed by atoms with E-state index >= 15 is 0 Å². The van der Waals surface area contributed by atoms with E-state index < -0.39 is 28.9 Å². The molecular formula is C48H55F4N7O5. The van der Waals surface area contributed by atoms with Crippen molar-refractivity contribution >= 4 is 40.7 Å². The minimum atomic E-state index is -0.548. The molecule has 340 valence electrons. The van der Waals surface area contributed by atoms with Crippen LogP contribution in [0.3, 0.4) is 0 Å². The number of anilines is 2. The number of amides is 3. The molecule has 0 radical (unpaired) electrons. The lowest BCUT2D eigenvalue weighted by molar-refractivity contribution is -0.117. The Morgan fingerprint density at radius 3 is 1.67 bits per heavy atom. The van der Waals surface area contributed by atoms with Crippen molar-refractivity contribution in [2.45, 2.75) is 82.5 Å². The van der Waals surface area contributed by atoms with E-state index in [0.29, 0.717) is 67.6 Å². The molecule has 2 fully saturated rings. The molecule has 0 bridgehead atoms. The maximum absolute atomic E-state index is 13.9. The van der Waals surface area contributed by atoms with Gasteiger partial charge in [0, 0.05) is 87.6 Å². The number of hydrogen-bond donors (Lipinski definition) is 4. The maximum Gasteiger partial charge on any atom is 0.317 e. The number of likely N-dealkylation sites (tertiary alicyclic amines) is 1. The van der Waals surface area contributed by atoms with Gasteiger partial charge in [0.1, 0.15) is 29.1 Å². The zero-order chi connectivity index (χ0) is 46.3. The molecule has 6 N–H and O–H groups in total. The van der Waals surface area contributed by atoms with Crippen molar-refractivity contribution in [3.05, 3.63) is 129 Å². The number of urea groups is 1. The van der Waals surface area contributed by atoms with Crippen molar-refractivity contribution < 1.29 is 41.5 Å². The summed E-state index contributed by atoms with van der Waals surface area (Å²) >= 11 is 0. The minimum absolute atomic E-state index is 0.0177. The molecule has 64 heavy (non-hydrogen) atoms. The summed E-state index contributed by atoms with van der Waals surface area (Å²) in [6, 6.07) is 17.5. The van der Waals surface area contributed by atoms with Crippen molar-refractivity contribution in [2.75, 3.05) is 50.1 Å². The van der Waals surface area contributed by atoms with Crippen LogP contribution >= 0.6 is 0 Å². The van der Waals surface area contributed by atoms with Crippen LogP contribution in [0, 0.1) is 23.3 Å². The molecule has 0 saturated carbocycles. The highest BCUT2D eigenvalue weighted by Gasteiger charge is 2.46. The van der Waals surface area contributed by atoms with Crippen molar-refractivity contribution in [3.63, 3.8) is 0 Å². The number of nitrogens with one attached hydrogen (secondary N) is 2. The first-order chi connectivity index (χ1) is 30.4. The topological polar surface area (TPSA) is 171 Å². The summed E-state index contributed by atoms with van der Waals surface area (Å²) in [5.41, 5.74) is 14.5. The summed E-state index contributed by atoms with van der Waals surface area (Å²) in [5, 5.41) is 6.19. The van der Waals surface area contributed by atoms with E-state index in [-0.39, 0.29) is 54.1 Å². The Hall–Kier alpha value is -6.13. The normalized spacial score (nSPS) is 17.1. The first-order valence-corrected chi connectivity index (χ1v) is 21.3. The van der Waals surface area contributed by atoms with E-state index in [2.05, 4.69) is 20.4 Å².